The Labute approximate surface area is 162 Å². The van der Waals surface area contributed by atoms with Gasteiger partial charge in [0, 0.05) is 11.8 Å². The first kappa shape index (κ1) is 18.2. The minimum absolute atomic E-state index is 0.0632. The van der Waals surface area contributed by atoms with Crippen LogP contribution in [-0.4, -0.2) is 33.2 Å². The zero-order chi connectivity index (χ0) is 19.5. The monoisotopic (exact) mass is 404 g/mol. The van der Waals surface area contributed by atoms with E-state index < -0.39 is 6.61 Å². The van der Waals surface area contributed by atoms with Crippen molar-refractivity contribution in [2.75, 3.05) is 7.11 Å². The summed E-state index contributed by atoms with van der Waals surface area (Å²) in [7, 11) is 1.37. The van der Waals surface area contributed by atoms with E-state index in [2.05, 4.69) is 19.9 Å². The number of benzene rings is 1. The molecule has 0 bridgehead atoms. The topological polar surface area (TPSA) is 74.7 Å². The molecular weight excluding hydrogens is 390 g/mol. The summed E-state index contributed by atoms with van der Waals surface area (Å²) in [6.07, 6.45) is 3.72. The molecule has 4 rings (SSSR count). The van der Waals surface area contributed by atoms with Gasteiger partial charge in [-0.1, -0.05) is 23.0 Å². The molecule has 0 radical (unpaired) electrons. The van der Waals surface area contributed by atoms with Gasteiger partial charge in [0.15, 0.2) is 16.7 Å². The third-order valence-electron chi connectivity index (χ3n) is 3.84. The van der Waals surface area contributed by atoms with Crippen molar-refractivity contribution in [3.05, 3.63) is 54.7 Å². The number of ether oxygens (including phenoxy) is 2. The molecule has 144 valence electrons. The molecule has 0 saturated heterocycles. The number of alkyl halides is 2. The number of aromatic nitrogens is 4. The number of halogens is 2. The van der Waals surface area contributed by atoms with E-state index in [0.29, 0.717) is 23.0 Å². The lowest BCUT2D eigenvalue weighted by molar-refractivity contribution is -0.0512. The summed E-state index contributed by atoms with van der Waals surface area (Å²) in [6.45, 7) is -2.94. The smallest absolute Gasteiger partial charge is 0.387 e. The van der Waals surface area contributed by atoms with Crippen LogP contribution in [-0.2, 0) is 5.75 Å². The van der Waals surface area contributed by atoms with Crippen molar-refractivity contribution >= 4 is 17.3 Å². The van der Waals surface area contributed by atoms with Gasteiger partial charge in [-0.15, -0.1) is 0 Å². The van der Waals surface area contributed by atoms with E-state index in [1.54, 1.807) is 12.3 Å². The Kier molecular flexibility index (Phi) is 5.11. The van der Waals surface area contributed by atoms with Crippen molar-refractivity contribution in [2.45, 2.75) is 17.5 Å². The Balaban J connectivity index is 1.49. The molecule has 0 aliphatic carbocycles. The van der Waals surface area contributed by atoms with E-state index in [4.69, 9.17) is 9.26 Å². The molecule has 0 aliphatic heterocycles. The second-order valence-electron chi connectivity index (χ2n) is 5.58. The maximum absolute atomic E-state index is 12.4. The fraction of sp³-hybridized carbons (Fsp3) is 0.167. The number of rotatable bonds is 7. The quantitative estimate of drug-likeness (QED) is 0.426. The summed E-state index contributed by atoms with van der Waals surface area (Å²) in [5.41, 5.74) is 1.55. The highest BCUT2D eigenvalue weighted by Gasteiger charge is 2.15. The predicted molar refractivity (Wildman–Crippen MR) is 97.7 cm³/mol. The standard InChI is InChI=1S/C18H14F2N4O3S/c1-25-14-8-11(5-6-13(14)26-17(19)20)16-22-15(27-23-16)10-28-18-21-9-12-4-2-3-7-24(12)18/h2-9,17H,10H2,1H3. The van der Waals surface area contributed by atoms with Crippen molar-refractivity contribution in [3.8, 4) is 22.9 Å². The SMILES string of the molecule is COc1cc(-c2noc(CSc3ncc4ccccn34)n2)ccc1OC(F)F. The van der Waals surface area contributed by atoms with Gasteiger partial charge in [-0.25, -0.2) is 4.98 Å². The highest BCUT2D eigenvalue weighted by molar-refractivity contribution is 7.98. The lowest BCUT2D eigenvalue weighted by Gasteiger charge is -2.10. The molecule has 0 aliphatic rings. The summed E-state index contributed by atoms with van der Waals surface area (Å²) >= 11 is 1.46. The van der Waals surface area contributed by atoms with Crippen molar-refractivity contribution < 1.29 is 22.8 Å². The molecule has 7 nitrogen and oxygen atoms in total. The van der Waals surface area contributed by atoms with E-state index in [1.807, 2.05) is 28.8 Å². The van der Waals surface area contributed by atoms with E-state index in [0.717, 1.165) is 10.7 Å². The van der Waals surface area contributed by atoms with E-state index in [9.17, 15) is 8.78 Å². The third-order valence-corrected chi connectivity index (χ3v) is 4.79. The molecule has 0 fully saturated rings. The molecule has 0 saturated carbocycles. The van der Waals surface area contributed by atoms with Gasteiger partial charge in [0.2, 0.25) is 11.7 Å². The largest absolute Gasteiger partial charge is 0.493 e. The molecule has 0 atom stereocenters. The molecule has 1 aromatic carbocycles. The van der Waals surface area contributed by atoms with Gasteiger partial charge in [0.25, 0.3) is 0 Å². The second kappa shape index (κ2) is 7.85. The van der Waals surface area contributed by atoms with Crippen LogP contribution in [0.1, 0.15) is 5.89 Å². The number of methoxy groups -OCH3 is 1. The van der Waals surface area contributed by atoms with Crippen LogP contribution in [0.15, 0.2) is 58.5 Å². The number of fused-ring (bicyclic) bond motifs is 1. The molecular formula is C18H14F2N4O3S. The third kappa shape index (κ3) is 3.77. The fourth-order valence-electron chi connectivity index (χ4n) is 2.58. The summed E-state index contributed by atoms with van der Waals surface area (Å²) in [6, 6.07) is 10.3. The molecule has 0 amide bonds. The van der Waals surface area contributed by atoms with Crippen LogP contribution in [0, 0.1) is 0 Å². The van der Waals surface area contributed by atoms with E-state index >= 15 is 0 Å². The van der Waals surface area contributed by atoms with E-state index in [1.165, 1.54) is 31.0 Å². The molecule has 0 unspecified atom stereocenters. The van der Waals surface area contributed by atoms with Gasteiger partial charge >= 0.3 is 6.61 Å². The van der Waals surface area contributed by atoms with Crippen LogP contribution >= 0.6 is 11.8 Å². The van der Waals surface area contributed by atoms with Crippen molar-refractivity contribution in [2.24, 2.45) is 0 Å². The van der Waals surface area contributed by atoms with Crippen molar-refractivity contribution in [1.82, 2.24) is 19.5 Å². The average Bonchev–Trinajstić information content (AvgIpc) is 3.33. The Morgan fingerprint density at radius 2 is 2.11 bits per heavy atom. The van der Waals surface area contributed by atoms with Gasteiger partial charge in [0.1, 0.15) is 0 Å². The molecule has 10 heteroatoms. The van der Waals surface area contributed by atoms with Crippen molar-refractivity contribution in [1.29, 1.82) is 0 Å². The first-order valence-corrected chi connectivity index (χ1v) is 9.13. The molecule has 3 heterocycles. The average molecular weight is 404 g/mol. The second-order valence-corrected chi connectivity index (χ2v) is 6.52. The molecule has 0 spiro atoms. The predicted octanol–water partition coefficient (Wildman–Crippen LogP) is 4.29. The zero-order valence-electron chi connectivity index (χ0n) is 14.6. The summed E-state index contributed by atoms with van der Waals surface area (Å²) in [5.74, 6) is 1.27. The van der Waals surface area contributed by atoms with Crippen LogP contribution in [0.4, 0.5) is 8.78 Å². The summed E-state index contributed by atoms with van der Waals surface area (Å²) < 4.78 is 41.6. The number of hydrogen-bond acceptors (Lipinski definition) is 7. The number of pyridine rings is 1. The zero-order valence-corrected chi connectivity index (χ0v) is 15.4. The van der Waals surface area contributed by atoms with Gasteiger partial charge in [0.05, 0.1) is 24.6 Å². The van der Waals surface area contributed by atoms with E-state index in [-0.39, 0.29) is 11.5 Å². The maximum Gasteiger partial charge on any atom is 0.387 e. The van der Waals surface area contributed by atoms with Crippen LogP contribution in [0.2, 0.25) is 0 Å². The number of nitrogens with zero attached hydrogens (tertiary/aromatic N) is 4. The Morgan fingerprint density at radius 3 is 2.93 bits per heavy atom. The number of hydrogen-bond donors (Lipinski definition) is 0. The van der Waals surface area contributed by atoms with Gasteiger partial charge in [-0.05, 0) is 30.3 Å². The van der Waals surface area contributed by atoms with Gasteiger partial charge < -0.3 is 14.0 Å². The molecule has 3 aromatic heterocycles. The van der Waals surface area contributed by atoms with Crippen LogP contribution in [0.5, 0.6) is 11.5 Å². The Morgan fingerprint density at radius 1 is 1.21 bits per heavy atom. The Hall–Kier alpha value is -3.14. The first-order valence-electron chi connectivity index (χ1n) is 8.15. The van der Waals surface area contributed by atoms with Crippen molar-refractivity contribution in [3.63, 3.8) is 0 Å². The molecule has 4 aromatic rings. The minimum Gasteiger partial charge on any atom is -0.493 e. The highest BCUT2D eigenvalue weighted by Crippen LogP contribution is 2.33. The van der Waals surface area contributed by atoms with Crippen LogP contribution < -0.4 is 9.47 Å². The summed E-state index contributed by atoms with van der Waals surface area (Å²) in [4.78, 5) is 8.72. The summed E-state index contributed by atoms with van der Waals surface area (Å²) in [5, 5.41) is 4.75. The highest BCUT2D eigenvalue weighted by atomic mass is 32.2. The molecule has 28 heavy (non-hydrogen) atoms. The van der Waals surface area contributed by atoms with Crippen LogP contribution in [0.25, 0.3) is 16.9 Å². The first-order chi connectivity index (χ1) is 13.6. The normalized spacial score (nSPS) is 11.3. The maximum atomic E-state index is 12.4. The Bertz CT molecular complexity index is 1100. The minimum atomic E-state index is -2.94. The van der Waals surface area contributed by atoms with Crippen LogP contribution in [0.3, 0.4) is 0 Å². The lowest BCUT2D eigenvalue weighted by Crippen LogP contribution is -2.03. The lowest BCUT2D eigenvalue weighted by atomic mass is 10.2. The number of thioether (sulfide) groups is 1. The number of imidazole rings is 1. The van der Waals surface area contributed by atoms with Gasteiger partial charge in [-0.2, -0.15) is 13.8 Å². The fourth-order valence-corrected chi connectivity index (χ4v) is 3.39. The molecule has 0 N–H and O–H groups in total. The van der Waals surface area contributed by atoms with Gasteiger partial charge in [-0.3, -0.25) is 4.40 Å².